The third-order valence-corrected chi connectivity index (χ3v) is 4.43. The lowest BCUT2D eigenvalue weighted by Crippen LogP contribution is -2.40. The molecule has 3 rings (SSSR count). The van der Waals surface area contributed by atoms with Crippen LogP contribution in [0, 0.1) is 5.92 Å². The lowest BCUT2D eigenvalue weighted by Gasteiger charge is -2.20. The summed E-state index contributed by atoms with van der Waals surface area (Å²) in [6.45, 7) is 8.52. The Balaban J connectivity index is 1.60. The summed E-state index contributed by atoms with van der Waals surface area (Å²) >= 11 is 0. The minimum Gasteiger partial charge on any atom is -0.360 e. The van der Waals surface area contributed by atoms with Gasteiger partial charge in [-0.05, 0) is 32.6 Å². The molecular weight excluding hydrogens is 254 g/mol. The first kappa shape index (κ1) is 13.6. The Hall–Kier alpha value is -1.36. The van der Waals surface area contributed by atoms with Crippen molar-refractivity contribution in [2.75, 3.05) is 13.1 Å². The highest BCUT2D eigenvalue weighted by Crippen LogP contribution is 2.40. The van der Waals surface area contributed by atoms with Crippen LogP contribution in [0.15, 0.2) is 10.6 Å². The van der Waals surface area contributed by atoms with Gasteiger partial charge in [0.2, 0.25) is 0 Å². The van der Waals surface area contributed by atoms with E-state index >= 15 is 0 Å². The number of amides is 1. The summed E-state index contributed by atoms with van der Waals surface area (Å²) in [6, 6.07) is 2.52. The van der Waals surface area contributed by atoms with Crippen LogP contribution in [0.1, 0.15) is 55.8 Å². The minimum atomic E-state index is -0.108. The number of hydrogen-bond acceptors (Lipinski definition) is 4. The first-order valence-electron chi connectivity index (χ1n) is 7.56. The number of rotatable bonds is 4. The molecule has 5 heteroatoms. The molecule has 2 heterocycles. The minimum absolute atomic E-state index is 0.108. The highest BCUT2D eigenvalue weighted by atomic mass is 16.5. The second-order valence-corrected chi connectivity index (χ2v) is 6.49. The van der Waals surface area contributed by atoms with Crippen molar-refractivity contribution in [1.82, 2.24) is 15.4 Å². The van der Waals surface area contributed by atoms with Crippen LogP contribution in [-0.2, 0) is 0 Å². The van der Waals surface area contributed by atoms with E-state index in [0.717, 1.165) is 31.7 Å². The molecule has 1 N–H and O–H groups in total. The standard InChI is InChI=1S/C15H23N3O2/c1-9(2)18-7-10(3)13(8-18)16-15(19)12-6-14(20-17-12)11-4-5-11/h6,9-11,13H,4-5,7-8H2,1-3H3,(H,16,19)/t10-,13-/m1/s1. The van der Waals surface area contributed by atoms with Gasteiger partial charge in [-0.15, -0.1) is 0 Å². The van der Waals surface area contributed by atoms with E-state index < -0.39 is 0 Å². The summed E-state index contributed by atoms with van der Waals surface area (Å²) in [7, 11) is 0. The molecule has 1 saturated heterocycles. The van der Waals surface area contributed by atoms with Gasteiger partial charge in [-0.1, -0.05) is 12.1 Å². The van der Waals surface area contributed by atoms with Gasteiger partial charge in [0.15, 0.2) is 5.69 Å². The third-order valence-electron chi connectivity index (χ3n) is 4.43. The highest BCUT2D eigenvalue weighted by Gasteiger charge is 2.33. The van der Waals surface area contributed by atoms with Gasteiger partial charge in [-0.3, -0.25) is 9.69 Å². The van der Waals surface area contributed by atoms with Gasteiger partial charge in [0.05, 0.1) is 0 Å². The van der Waals surface area contributed by atoms with Gasteiger partial charge >= 0.3 is 0 Å². The quantitative estimate of drug-likeness (QED) is 0.914. The van der Waals surface area contributed by atoms with Crippen molar-refractivity contribution in [2.24, 2.45) is 5.92 Å². The van der Waals surface area contributed by atoms with Crippen molar-refractivity contribution in [1.29, 1.82) is 0 Å². The smallest absolute Gasteiger partial charge is 0.273 e. The molecule has 2 atom stereocenters. The second-order valence-electron chi connectivity index (χ2n) is 6.49. The fourth-order valence-corrected chi connectivity index (χ4v) is 2.81. The largest absolute Gasteiger partial charge is 0.360 e. The summed E-state index contributed by atoms with van der Waals surface area (Å²) in [5.41, 5.74) is 0.419. The molecule has 0 aromatic carbocycles. The van der Waals surface area contributed by atoms with E-state index in [1.807, 2.05) is 0 Å². The van der Waals surface area contributed by atoms with Gasteiger partial charge in [0.1, 0.15) is 5.76 Å². The molecule has 2 fully saturated rings. The Morgan fingerprint density at radius 3 is 2.80 bits per heavy atom. The molecule has 1 aromatic heterocycles. The lowest BCUT2D eigenvalue weighted by atomic mass is 10.1. The zero-order valence-corrected chi connectivity index (χ0v) is 12.4. The van der Waals surface area contributed by atoms with Crippen LogP contribution in [0.25, 0.3) is 0 Å². The van der Waals surface area contributed by atoms with E-state index in [9.17, 15) is 4.79 Å². The first-order chi connectivity index (χ1) is 9.54. The van der Waals surface area contributed by atoms with Crippen molar-refractivity contribution in [3.8, 4) is 0 Å². The molecule has 5 nitrogen and oxygen atoms in total. The molecule has 0 bridgehead atoms. The Morgan fingerprint density at radius 2 is 2.20 bits per heavy atom. The monoisotopic (exact) mass is 277 g/mol. The van der Waals surface area contributed by atoms with Crippen molar-refractivity contribution < 1.29 is 9.32 Å². The summed E-state index contributed by atoms with van der Waals surface area (Å²) in [5.74, 6) is 1.71. The molecule has 1 aliphatic carbocycles. The zero-order valence-electron chi connectivity index (χ0n) is 12.4. The number of nitrogens with zero attached hydrogens (tertiary/aromatic N) is 2. The maximum Gasteiger partial charge on any atom is 0.273 e. The van der Waals surface area contributed by atoms with Crippen LogP contribution >= 0.6 is 0 Å². The van der Waals surface area contributed by atoms with Crippen LogP contribution < -0.4 is 5.32 Å². The molecule has 2 aliphatic rings. The predicted molar refractivity (Wildman–Crippen MR) is 75.6 cm³/mol. The molecule has 20 heavy (non-hydrogen) atoms. The summed E-state index contributed by atoms with van der Waals surface area (Å²) in [4.78, 5) is 14.6. The van der Waals surface area contributed by atoms with E-state index in [0.29, 0.717) is 23.6 Å². The Bertz CT molecular complexity index is 493. The van der Waals surface area contributed by atoms with Crippen molar-refractivity contribution in [2.45, 2.75) is 51.6 Å². The molecule has 0 spiro atoms. The lowest BCUT2D eigenvalue weighted by molar-refractivity contribution is 0.0921. The molecule has 1 amide bonds. The van der Waals surface area contributed by atoms with E-state index in [-0.39, 0.29) is 11.9 Å². The number of hydrogen-bond donors (Lipinski definition) is 1. The third kappa shape index (κ3) is 2.73. The summed E-state index contributed by atoms with van der Waals surface area (Å²) in [5, 5.41) is 7.00. The van der Waals surface area contributed by atoms with E-state index in [4.69, 9.17) is 4.52 Å². The number of aromatic nitrogens is 1. The SMILES string of the molecule is CC(C)N1C[C@@H](C)[C@H](NC(=O)c2cc(C3CC3)on2)C1. The molecule has 1 saturated carbocycles. The van der Waals surface area contributed by atoms with Gasteiger partial charge in [0.25, 0.3) is 5.91 Å². The average molecular weight is 277 g/mol. The normalized spacial score (nSPS) is 27.2. The molecule has 0 radical (unpaired) electrons. The van der Waals surface area contributed by atoms with Gasteiger partial charge in [-0.25, -0.2) is 0 Å². The zero-order chi connectivity index (χ0) is 14.3. The van der Waals surface area contributed by atoms with Crippen LogP contribution in [-0.4, -0.2) is 41.1 Å². The fraction of sp³-hybridized carbons (Fsp3) is 0.733. The van der Waals surface area contributed by atoms with Gasteiger partial charge in [0, 0.05) is 37.2 Å². The highest BCUT2D eigenvalue weighted by molar-refractivity contribution is 5.92. The van der Waals surface area contributed by atoms with Crippen LogP contribution in [0.4, 0.5) is 0 Å². The maximum absolute atomic E-state index is 12.2. The predicted octanol–water partition coefficient (Wildman–Crippen LogP) is 2.01. The number of likely N-dealkylation sites (tertiary alicyclic amines) is 1. The van der Waals surface area contributed by atoms with Crippen LogP contribution in [0.3, 0.4) is 0 Å². The number of carbonyl (C=O) groups excluding carboxylic acids is 1. The number of carbonyl (C=O) groups is 1. The molecular formula is C15H23N3O2. The Morgan fingerprint density at radius 1 is 1.45 bits per heavy atom. The molecule has 1 aromatic rings. The topological polar surface area (TPSA) is 58.4 Å². The summed E-state index contributed by atoms with van der Waals surface area (Å²) in [6.07, 6.45) is 2.30. The summed E-state index contributed by atoms with van der Waals surface area (Å²) < 4.78 is 5.24. The van der Waals surface area contributed by atoms with Gasteiger partial charge < -0.3 is 9.84 Å². The van der Waals surface area contributed by atoms with Crippen LogP contribution in [0.5, 0.6) is 0 Å². The second kappa shape index (κ2) is 5.20. The molecule has 1 aliphatic heterocycles. The molecule has 0 unspecified atom stereocenters. The fourth-order valence-electron chi connectivity index (χ4n) is 2.81. The van der Waals surface area contributed by atoms with Crippen molar-refractivity contribution in [3.63, 3.8) is 0 Å². The van der Waals surface area contributed by atoms with Crippen molar-refractivity contribution >= 4 is 5.91 Å². The number of nitrogens with one attached hydrogen (secondary N) is 1. The van der Waals surface area contributed by atoms with E-state index in [1.54, 1.807) is 6.07 Å². The maximum atomic E-state index is 12.2. The van der Waals surface area contributed by atoms with E-state index in [2.05, 4.69) is 36.1 Å². The Kier molecular flexibility index (Phi) is 3.54. The van der Waals surface area contributed by atoms with Gasteiger partial charge in [-0.2, -0.15) is 0 Å². The molecule has 110 valence electrons. The van der Waals surface area contributed by atoms with Crippen molar-refractivity contribution in [3.05, 3.63) is 17.5 Å². The van der Waals surface area contributed by atoms with E-state index in [1.165, 1.54) is 0 Å². The Labute approximate surface area is 119 Å². The average Bonchev–Trinajstić information content (AvgIpc) is 3.01. The van der Waals surface area contributed by atoms with Crippen LogP contribution in [0.2, 0.25) is 0 Å². The first-order valence-corrected chi connectivity index (χ1v) is 7.56.